The van der Waals surface area contributed by atoms with Gasteiger partial charge in [-0.3, -0.25) is 0 Å². The van der Waals surface area contributed by atoms with E-state index in [4.69, 9.17) is 15.2 Å². The number of hydrogen-bond donors (Lipinski definition) is 1. The first kappa shape index (κ1) is 22.9. The Labute approximate surface area is 145 Å². The van der Waals surface area contributed by atoms with Gasteiger partial charge in [0.1, 0.15) is 0 Å². The molecule has 23 heavy (non-hydrogen) atoms. The van der Waals surface area contributed by atoms with Gasteiger partial charge in [0.2, 0.25) is 0 Å². The van der Waals surface area contributed by atoms with E-state index < -0.39 is 5.79 Å². The van der Waals surface area contributed by atoms with Crippen LogP contribution < -0.4 is 5.73 Å². The van der Waals surface area contributed by atoms with E-state index in [1.165, 1.54) is 44.9 Å². The van der Waals surface area contributed by atoms with E-state index in [1.807, 2.05) is 0 Å². The summed E-state index contributed by atoms with van der Waals surface area (Å²) in [6, 6.07) is 0. The fourth-order valence-corrected chi connectivity index (χ4v) is 3.48. The third kappa shape index (κ3) is 8.51. The van der Waals surface area contributed by atoms with Crippen LogP contribution in [-0.4, -0.2) is 25.5 Å². The molecule has 0 aliphatic heterocycles. The molecule has 0 spiro atoms. The lowest BCUT2D eigenvalue weighted by Crippen LogP contribution is -2.49. The Kier molecular flexibility index (Phi) is 13.1. The van der Waals surface area contributed by atoms with Gasteiger partial charge in [-0.1, -0.05) is 58.8 Å². The van der Waals surface area contributed by atoms with Crippen molar-refractivity contribution in [1.82, 2.24) is 0 Å². The highest BCUT2D eigenvalue weighted by atomic mass is 16.7. The highest BCUT2D eigenvalue weighted by Gasteiger charge is 2.45. The molecular formula is C20H43NO2. The lowest BCUT2D eigenvalue weighted by molar-refractivity contribution is -0.286. The number of unbranched alkanes of at least 4 members (excludes halogenated alkanes) is 6. The van der Waals surface area contributed by atoms with Gasteiger partial charge in [-0.05, 0) is 46.6 Å². The summed E-state index contributed by atoms with van der Waals surface area (Å²) in [7, 11) is 0. The van der Waals surface area contributed by atoms with E-state index in [9.17, 15) is 0 Å². The largest absolute Gasteiger partial charge is 0.350 e. The average molecular weight is 330 g/mol. The van der Waals surface area contributed by atoms with Crippen LogP contribution in [0.25, 0.3) is 0 Å². The van der Waals surface area contributed by atoms with E-state index in [1.54, 1.807) is 0 Å². The molecule has 0 aromatic rings. The van der Waals surface area contributed by atoms with E-state index in [2.05, 4.69) is 34.6 Å². The molecule has 2 N–H and O–H groups in total. The van der Waals surface area contributed by atoms with Crippen molar-refractivity contribution in [3.8, 4) is 0 Å². The van der Waals surface area contributed by atoms with Gasteiger partial charge < -0.3 is 15.2 Å². The summed E-state index contributed by atoms with van der Waals surface area (Å²) in [5, 5.41) is 0. The van der Waals surface area contributed by atoms with Crippen LogP contribution >= 0.6 is 0 Å². The zero-order chi connectivity index (χ0) is 17.6. The number of ether oxygens (including phenoxy) is 2. The molecule has 0 bridgehead atoms. The first-order valence-electron chi connectivity index (χ1n) is 9.97. The molecule has 0 saturated heterocycles. The van der Waals surface area contributed by atoms with Crippen molar-refractivity contribution < 1.29 is 9.47 Å². The number of nitrogens with two attached hydrogens (primary N) is 1. The van der Waals surface area contributed by atoms with E-state index in [-0.39, 0.29) is 5.41 Å². The van der Waals surface area contributed by atoms with Crippen molar-refractivity contribution in [2.24, 2.45) is 11.1 Å². The Morgan fingerprint density at radius 1 is 0.696 bits per heavy atom. The molecule has 0 heterocycles. The molecule has 0 rings (SSSR count). The summed E-state index contributed by atoms with van der Waals surface area (Å²) >= 11 is 0. The molecule has 1 unspecified atom stereocenters. The SMILES string of the molecule is CCCCCCCCC(C)(CCCCN)C(C)(OCC)OCC. The van der Waals surface area contributed by atoms with Crippen LogP contribution in [0.15, 0.2) is 0 Å². The quantitative estimate of drug-likeness (QED) is 0.293. The molecule has 0 aromatic carbocycles. The first-order chi connectivity index (χ1) is 11.0. The van der Waals surface area contributed by atoms with Crippen LogP contribution in [0.1, 0.15) is 98.8 Å². The summed E-state index contributed by atoms with van der Waals surface area (Å²) in [6.07, 6.45) is 12.5. The van der Waals surface area contributed by atoms with Crippen molar-refractivity contribution in [3.05, 3.63) is 0 Å². The number of hydrogen-bond acceptors (Lipinski definition) is 3. The second-order valence-corrected chi connectivity index (χ2v) is 7.14. The van der Waals surface area contributed by atoms with Crippen LogP contribution in [0.5, 0.6) is 0 Å². The molecule has 1 atom stereocenters. The van der Waals surface area contributed by atoms with Gasteiger partial charge in [0.15, 0.2) is 5.79 Å². The maximum absolute atomic E-state index is 6.11. The van der Waals surface area contributed by atoms with E-state index >= 15 is 0 Å². The van der Waals surface area contributed by atoms with Crippen LogP contribution in [0.3, 0.4) is 0 Å². The highest BCUT2D eigenvalue weighted by Crippen LogP contribution is 2.44. The fourth-order valence-electron chi connectivity index (χ4n) is 3.48. The molecule has 0 saturated carbocycles. The van der Waals surface area contributed by atoms with Gasteiger partial charge in [0, 0.05) is 18.6 Å². The van der Waals surface area contributed by atoms with Crippen LogP contribution in [0.4, 0.5) is 0 Å². The second kappa shape index (κ2) is 13.2. The van der Waals surface area contributed by atoms with Gasteiger partial charge in [0.25, 0.3) is 0 Å². The normalized spacial score (nSPS) is 14.9. The Morgan fingerprint density at radius 2 is 1.17 bits per heavy atom. The van der Waals surface area contributed by atoms with Gasteiger partial charge in [-0.15, -0.1) is 0 Å². The third-order valence-electron chi connectivity index (χ3n) is 5.20. The van der Waals surface area contributed by atoms with Crippen molar-refractivity contribution in [2.45, 2.75) is 105 Å². The predicted octanol–water partition coefficient (Wildman–Crippen LogP) is 5.66. The highest BCUT2D eigenvalue weighted by molar-refractivity contribution is 4.88. The fraction of sp³-hybridized carbons (Fsp3) is 1.00. The smallest absolute Gasteiger partial charge is 0.170 e. The molecule has 0 aliphatic rings. The molecule has 140 valence electrons. The zero-order valence-corrected chi connectivity index (χ0v) is 16.6. The lowest BCUT2D eigenvalue weighted by atomic mass is 9.73. The van der Waals surface area contributed by atoms with Gasteiger partial charge in [-0.25, -0.2) is 0 Å². The molecule has 0 amide bonds. The molecule has 3 heteroatoms. The van der Waals surface area contributed by atoms with Crippen molar-refractivity contribution >= 4 is 0 Å². The molecule has 0 aromatic heterocycles. The van der Waals surface area contributed by atoms with Crippen LogP contribution in [0.2, 0.25) is 0 Å². The minimum atomic E-state index is -0.492. The van der Waals surface area contributed by atoms with Crippen molar-refractivity contribution in [2.75, 3.05) is 19.8 Å². The maximum atomic E-state index is 6.11. The van der Waals surface area contributed by atoms with E-state index in [0.717, 1.165) is 25.8 Å². The Bertz CT molecular complexity index is 264. The van der Waals surface area contributed by atoms with Gasteiger partial charge in [0.05, 0.1) is 0 Å². The lowest BCUT2D eigenvalue weighted by Gasteiger charge is -2.46. The summed E-state index contributed by atoms with van der Waals surface area (Å²) < 4.78 is 12.2. The van der Waals surface area contributed by atoms with Crippen LogP contribution in [0, 0.1) is 5.41 Å². The van der Waals surface area contributed by atoms with Crippen molar-refractivity contribution in [3.63, 3.8) is 0 Å². The third-order valence-corrected chi connectivity index (χ3v) is 5.20. The topological polar surface area (TPSA) is 44.5 Å². The Balaban J connectivity index is 4.70. The summed E-state index contributed by atoms with van der Waals surface area (Å²) in [5.74, 6) is -0.492. The summed E-state index contributed by atoms with van der Waals surface area (Å²) in [4.78, 5) is 0. The maximum Gasteiger partial charge on any atom is 0.170 e. The second-order valence-electron chi connectivity index (χ2n) is 7.14. The Hall–Kier alpha value is -0.120. The molecular weight excluding hydrogens is 286 g/mol. The molecule has 3 nitrogen and oxygen atoms in total. The number of rotatable bonds is 16. The summed E-state index contributed by atoms with van der Waals surface area (Å²) in [5.41, 5.74) is 5.74. The molecule has 0 radical (unpaired) electrons. The Morgan fingerprint density at radius 3 is 1.65 bits per heavy atom. The van der Waals surface area contributed by atoms with Gasteiger partial charge >= 0.3 is 0 Å². The molecule has 0 aliphatic carbocycles. The van der Waals surface area contributed by atoms with Gasteiger partial charge in [-0.2, -0.15) is 0 Å². The first-order valence-corrected chi connectivity index (χ1v) is 9.97. The standard InChI is InChI=1S/C20H43NO2/c1-6-9-10-11-12-13-16-19(4,17-14-15-18-21)20(5,22-7-2)23-8-3/h6-18,21H2,1-5H3. The average Bonchev–Trinajstić information content (AvgIpc) is 2.51. The zero-order valence-electron chi connectivity index (χ0n) is 16.6. The summed E-state index contributed by atoms with van der Waals surface area (Å²) in [6.45, 7) is 13.0. The van der Waals surface area contributed by atoms with Crippen molar-refractivity contribution in [1.29, 1.82) is 0 Å². The minimum Gasteiger partial charge on any atom is -0.350 e. The van der Waals surface area contributed by atoms with E-state index in [0.29, 0.717) is 13.2 Å². The predicted molar refractivity (Wildman–Crippen MR) is 101 cm³/mol. The monoisotopic (exact) mass is 329 g/mol. The minimum absolute atomic E-state index is 0.0545. The van der Waals surface area contributed by atoms with Crippen LogP contribution in [-0.2, 0) is 9.47 Å². The molecule has 0 fully saturated rings.